The molecule has 0 radical (unpaired) electrons. The van der Waals surface area contributed by atoms with Crippen molar-refractivity contribution < 1.29 is 33.3 Å². The monoisotopic (exact) mass is 442 g/mol. The van der Waals surface area contributed by atoms with Crippen LogP contribution in [0.15, 0.2) is 36.4 Å². The first-order chi connectivity index (χ1) is 15.4. The van der Waals surface area contributed by atoms with E-state index in [4.69, 9.17) is 18.9 Å². The summed E-state index contributed by atoms with van der Waals surface area (Å²) < 4.78 is 21.7. The molecule has 1 fully saturated rings. The smallest absolute Gasteiger partial charge is 0.410 e. The van der Waals surface area contributed by atoms with Crippen molar-refractivity contribution in [2.24, 2.45) is 0 Å². The number of likely N-dealkylation sites (tertiary alicyclic amines) is 1. The van der Waals surface area contributed by atoms with Gasteiger partial charge in [0.2, 0.25) is 0 Å². The standard InChI is InChI=1S/C23H26N2O7/c1-29-21(27)17-9-15-16-11-23(30-2,31-3)13-25(18(16)10-19(26)20(15)24-17)22(28)32-12-14-7-5-4-6-8-14/h4-9,16,18,24H,10-13H2,1-3H3/t16-,18+/m1/s1. The number of Topliss-reactive ketones (excluding diaryl/α,β-unsaturated/α-hetero) is 1. The number of fused-ring (bicyclic) bond motifs is 3. The van der Waals surface area contributed by atoms with Crippen molar-refractivity contribution in [2.75, 3.05) is 27.9 Å². The predicted molar refractivity (Wildman–Crippen MR) is 112 cm³/mol. The number of aromatic nitrogens is 1. The number of H-pyrrole nitrogens is 1. The van der Waals surface area contributed by atoms with Crippen LogP contribution in [-0.4, -0.2) is 67.4 Å². The molecule has 32 heavy (non-hydrogen) atoms. The molecule has 9 nitrogen and oxygen atoms in total. The van der Waals surface area contributed by atoms with Crippen LogP contribution in [0, 0.1) is 0 Å². The summed E-state index contributed by atoms with van der Waals surface area (Å²) in [6, 6.07) is 10.5. The van der Waals surface area contributed by atoms with E-state index in [1.807, 2.05) is 30.3 Å². The zero-order valence-corrected chi connectivity index (χ0v) is 18.3. The third-order valence-corrected chi connectivity index (χ3v) is 6.32. The first-order valence-electron chi connectivity index (χ1n) is 10.3. The predicted octanol–water partition coefficient (Wildman–Crippen LogP) is 2.87. The fraction of sp³-hybridized carbons (Fsp3) is 0.435. The molecule has 9 heteroatoms. The molecule has 1 N–H and O–H groups in total. The molecule has 0 bridgehead atoms. The van der Waals surface area contributed by atoms with E-state index in [9.17, 15) is 14.4 Å². The zero-order chi connectivity index (χ0) is 22.9. The van der Waals surface area contributed by atoms with E-state index in [0.29, 0.717) is 17.7 Å². The summed E-state index contributed by atoms with van der Waals surface area (Å²) in [5, 5.41) is 0. The molecule has 2 aliphatic rings. The van der Waals surface area contributed by atoms with Crippen LogP contribution < -0.4 is 0 Å². The maximum Gasteiger partial charge on any atom is 0.410 e. The molecule has 170 valence electrons. The lowest BCUT2D eigenvalue weighted by atomic mass is 9.74. The lowest BCUT2D eigenvalue weighted by Gasteiger charge is -2.49. The van der Waals surface area contributed by atoms with Crippen LogP contribution in [-0.2, 0) is 25.6 Å². The van der Waals surface area contributed by atoms with Crippen molar-refractivity contribution >= 4 is 17.8 Å². The first kappa shape index (κ1) is 22.0. The Morgan fingerprint density at radius 2 is 1.88 bits per heavy atom. The van der Waals surface area contributed by atoms with Crippen molar-refractivity contribution in [3.8, 4) is 0 Å². The summed E-state index contributed by atoms with van der Waals surface area (Å²) in [5.41, 5.74) is 2.04. The number of esters is 1. The average Bonchev–Trinajstić information content (AvgIpc) is 3.29. The topological polar surface area (TPSA) is 107 Å². The molecule has 0 spiro atoms. The Morgan fingerprint density at radius 1 is 1.16 bits per heavy atom. The molecule has 1 amide bonds. The minimum absolute atomic E-state index is 0.0999. The van der Waals surface area contributed by atoms with Gasteiger partial charge in [-0.25, -0.2) is 9.59 Å². The number of rotatable bonds is 5. The van der Waals surface area contributed by atoms with Gasteiger partial charge in [0.25, 0.3) is 0 Å². The molecule has 0 unspecified atom stereocenters. The maximum atomic E-state index is 13.1. The van der Waals surface area contributed by atoms with Gasteiger partial charge in [-0.05, 0) is 17.2 Å². The molecular formula is C23H26N2O7. The number of hydrogen-bond acceptors (Lipinski definition) is 7. The molecule has 4 rings (SSSR count). The van der Waals surface area contributed by atoms with Crippen LogP contribution in [0.25, 0.3) is 0 Å². The van der Waals surface area contributed by atoms with E-state index in [2.05, 4.69) is 4.98 Å². The van der Waals surface area contributed by atoms with Gasteiger partial charge in [0.15, 0.2) is 11.6 Å². The summed E-state index contributed by atoms with van der Waals surface area (Å²) in [7, 11) is 4.31. The fourth-order valence-electron chi connectivity index (χ4n) is 4.59. The van der Waals surface area contributed by atoms with Crippen molar-refractivity contribution in [2.45, 2.75) is 37.2 Å². The van der Waals surface area contributed by atoms with Gasteiger partial charge in [-0.2, -0.15) is 0 Å². The number of ether oxygens (including phenoxy) is 4. The average molecular weight is 442 g/mol. The Kier molecular flexibility index (Phi) is 6.03. The summed E-state index contributed by atoms with van der Waals surface area (Å²) >= 11 is 0. The summed E-state index contributed by atoms with van der Waals surface area (Å²) in [5.74, 6) is -2.12. The van der Waals surface area contributed by atoms with Gasteiger partial charge >= 0.3 is 12.1 Å². The van der Waals surface area contributed by atoms with E-state index in [1.165, 1.54) is 26.2 Å². The van der Waals surface area contributed by atoms with Gasteiger partial charge in [0.05, 0.1) is 19.3 Å². The maximum absolute atomic E-state index is 13.1. The largest absolute Gasteiger partial charge is 0.464 e. The highest BCUT2D eigenvalue weighted by atomic mass is 16.7. The highest BCUT2D eigenvalue weighted by Crippen LogP contribution is 2.45. The van der Waals surface area contributed by atoms with Crippen LogP contribution in [0.3, 0.4) is 0 Å². The number of nitrogens with zero attached hydrogens (tertiary/aromatic N) is 1. The Bertz CT molecular complexity index is 1010. The fourth-order valence-corrected chi connectivity index (χ4v) is 4.59. The number of carbonyl (C=O) groups excluding carboxylic acids is 3. The second-order valence-corrected chi connectivity index (χ2v) is 8.00. The van der Waals surface area contributed by atoms with Crippen molar-refractivity contribution in [1.29, 1.82) is 0 Å². The van der Waals surface area contributed by atoms with Crippen LogP contribution >= 0.6 is 0 Å². The van der Waals surface area contributed by atoms with Gasteiger partial charge in [-0.3, -0.25) is 9.69 Å². The second kappa shape index (κ2) is 8.76. The van der Waals surface area contributed by atoms with Gasteiger partial charge in [-0.1, -0.05) is 30.3 Å². The van der Waals surface area contributed by atoms with Gasteiger partial charge in [0, 0.05) is 39.0 Å². The molecule has 1 aromatic heterocycles. The summed E-state index contributed by atoms with van der Waals surface area (Å²) in [6.45, 7) is 0.224. The number of carbonyl (C=O) groups is 3. The molecule has 1 saturated heterocycles. The lowest BCUT2D eigenvalue weighted by molar-refractivity contribution is -0.239. The number of piperidine rings is 1. The third-order valence-electron chi connectivity index (χ3n) is 6.32. The van der Waals surface area contributed by atoms with E-state index in [-0.39, 0.29) is 37.0 Å². The van der Waals surface area contributed by atoms with Crippen molar-refractivity contribution in [3.63, 3.8) is 0 Å². The molecule has 1 aliphatic carbocycles. The Balaban J connectivity index is 1.66. The minimum atomic E-state index is -1.08. The number of hydrogen-bond donors (Lipinski definition) is 1. The molecule has 1 aliphatic heterocycles. The van der Waals surface area contributed by atoms with Crippen LogP contribution in [0.1, 0.15) is 50.9 Å². The first-order valence-corrected chi connectivity index (χ1v) is 10.3. The van der Waals surface area contributed by atoms with Crippen LogP contribution in [0.5, 0.6) is 0 Å². The van der Waals surface area contributed by atoms with Crippen LogP contribution in [0.2, 0.25) is 0 Å². The Labute approximate surface area is 185 Å². The third kappa shape index (κ3) is 3.89. The van der Waals surface area contributed by atoms with Crippen molar-refractivity contribution in [3.05, 3.63) is 58.9 Å². The molecular weight excluding hydrogens is 416 g/mol. The second-order valence-electron chi connectivity index (χ2n) is 8.00. The normalized spacial score (nSPS) is 21.5. The van der Waals surface area contributed by atoms with Gasteiger partial charge in [0.1, 0.15) is 12.3 Å². The molecule has 0 saturated carbocycles. The number of methoxy groups -OCH3 is 3. The SMILES string of the molecule is COC(=O)c1cc2c([nH]1)C(=O)C[C@H]1[C@@H]2CC(OC)(OC)CN1C(=O)OCc1ccccc1. The number of ketones is 1. The number of benzene rings is 1. The summed E-state index contributed by atoms with van der Waals surface area (Å²) in [4.78, 5) is 42.4. The Hall–Kier alpha value is -3.17. The highest BCUT2D eigenvalue weighted by Gasteiger charge is 2.52. The minimum Gasteiger partial charge on any atom is -0.464 e. The van der Waals surface area contributed by atoms with E-state index in [0.717, 1.165) is 5.56 Å². The van der Waals surface area contributed by atoms with E-state index < -0.39 is 23.9 Å². The number of nitrogens with one attached hydrogen (secondary N) is 1. The number of aromatic amines is 1. The van der Waals surface area contributed by atoms with E-state index >= 15 is 0 Å². The zero-order valence-electron chi connectivity index (χ0n) is 18.3. The Morgan fingerprint density at radius 3 is 2.53 bits per heavy atom. The molecule has 1 aromatic carbocycles. The molecule has 2 aromatic rings. The molecule has 2 heterocycles. The lowest BCUT2D eigenvalue weighted by Crippen LogP contribution is -2.60. The van der Waals surface area contributed by atoms with Gasteiger partial charge in [-0.15, -0.1) is 0 Å². The highest BCUT2D eigenvalue weighted by molar-refractivity contribution is 6.00. The quantitative estimate of drug-likeness (QED) is 0.560. The molecule has 2 atom stereocenters. The van der Waals surface area contributed by atoms with E-state index in [1.54, 1.807) is 6.07 Å². The van der Waals surface area contributed by atoms with Crippen LogP contribution in [0.4, 0.5) is 4.79 Å². The number of amides is 1. The van der Waals surface area contributed by atoms with Crippen molar-refractivity contribution in [1.82, 2.24) is 9.88 Å². The summed E-state index contributed by atoms with van der Waals surface area (Å²) in [6.07, 6.45) is -0.0452. The van der Waals surface area contributed by atoms with Gasteiger partial charge < -0.3 is 23.9 Å².